The summed E-state index contributed by atoms with van der Waals surface area (Å²) in [6, 6.07) is 0. The minimum Gasteiger partial charge on any atom is -0.306 e. The van der Waals surface area contributed by atoms with Crippen molar-refractivity contribution in [2.24, 2.45) is 35.5 Å². The van der Waals surface area contributed by atoms with E-state index in [2.05, 4.69) is 37.7 Å². The van der Waals surface area contributed by atoms with Gasteiger partial charge in [0.2, 0.25) is 0 Å². The molecule has 0 amide bonds. The van der Waals surface area contributed by atoms with E-state index in [9.17, 15) is 0 Å². The van der Waals surface area contributed by atoms with E-state index in [4.69, 9.17) is 0 Å². The molecular formula is C20H38N2. The van der Waals surface area contributed by atoms with Crippen molar-refractivity contribution in [2.75, 3.05) is 40.3 Å². The second-order valence-electron chi connectivity index (χ2n) is 8.76. The van der Waals surface area contributed by atoms with Crippen molar-refractivity contribution < 1.29 is 0 Å². The summed E-state index contributed by atoms with van der Waals surface area (Å²) >= 11 is 0. The fourth-order valence-corrected chi connectivity index (χ4v) is 6.55. The zero-order valence-electron chi connectivity index (χ0n) is 15.4. The molecule has 3 rings (SSSR count). The van der Waals surface area contributed by atoms with E-state index in [0.29, 0.717) is 0 Å². The summed E-state index contributed by atoms with van der Waals surface area (Å²) in [7, 11) is 4.69. The molecular weight excluding hydrogens is 268 g/mol. The fraction of sp³-hybridized carbons (Fsp3) is 1.00. The zero-order chi connectivity index (χ0) is 15.7. The topological polar surface area (TPSA) is 6.48 Å². The molecule has 0 aromatic rings. The van der Waals surface area contributed by atoms with Gasteiger partial charge in [0.15, 0.2) is 0 Å². The minimum atomic E-state index is 1.01. The van der Waals surface area contributed by atoms with Crippen LogP contribution in [0.1, 0.15) is 52.4 Å². The van der Waals surface area contributed by atoms with Gasteiger partial charge in [-0.1, -0.05) is 13.8 Å². The van der Waals surface area contributed by atoms with Crippen LogP contribution in [0.3, 0.4) is 0 Å². The summed E-state index contributed by atoms with van der Waals surface area (Å²) in [5, 5.41) is 0. The van der Waals surface area contributed by atoms with E-state index >= 15 is 0 Å². The lowest BCUT2D eigenvalue weighted by atomic mass is 9.72. The van der Waals surface area contributed by atoms with Gasteiger partial charge in [0.1, 0.15) is 0 Å². The number of rotatable bonds is 8. The first-order chi connectivity index (χ1) is 10.6. The van der Waals surface area contributed by atoms with Crippen molar-refractivity contribution in [1.82, 2.24) is 9.80 Å². The van der Waals surface area contributed by atoms with Crippen molar-refractivity contribution in [1.29, 1.82) is 0 Å². The molecule has 0 aromatic heterocycles. The van der Waals surface area contributed by atoms with Crippen molar-refractivity contribution >= 4 is 0 Å². The number of nitrogens with zero attached hydrogens (tertiary/aromatic N) is 2. The average Bonchev–Trinajstić information content (AvgIpc) is 3.12. The van der Waals surface area contributed by atoms with Crippen molar-refractivity contribution in [3.63, 3.8) is 0 Å². The van der Waals surface area contributed by atoms with Crippen molar-refractivity contribution in [3.8, 4) is 0 Å². The lowest BCUT2D eigenvalue weighted by molar-refractivity contribution is 0.108. The molecule has 0 saturated heterocycles. The Kier molecular flexibility index (Phi) is 5.50. The van der Waals surface area contributed by atoms with Crippen LogP contribution >= 0.6 is 0 Å². The third kappa shape index (κ3) is 3.24. The third-order valence-corrected chi connectivity index (χ3v) is 7.10. The van der Waals surface area contributed by atoms with Crippen LogP contribution in [0.2, 0.25) is 0 Å². The highest BCUT2D eigenvalue weighted by Gasteiger charge is 2.56. The molecule has 6 atom stereocenters. The Labute approximate surface area is 138 Å². The maximum Gasteiger partial charge on any atom is 0.000946 e. The first-order valence-corrected chi connectivity index (χ1v) is 10.0. The summed E-state index contributed by atoms with van der Waals surface area (Å²) in [5.41, 5.74) is 0. The Hall–Kier alpha value is -0.0800. The van der Waals surface area contributed by atoms with Crippen molar-refractivity contribution in [2.45, 2.75) is 52.4 Å². The summed E-state index contributed by atoms with van der Waals surface area (Å²) < 4.78 is 0. The Morgan fingerprint density at radius 3 is 2.05 bits per heavy atom. The molecule has 3 fully saturated rings. The van der Waals surface area contributed by atoms with Crippen LogP contribution in [-0.2, 0) is 0 Å². The Morgan fingerprint density at radius 1 is 0.773 bits per heavy atom. The third-order valence-electron chi connectivity index (χ3n) is 7.10. The second-order valence-corrected chi connectivity index (χ2v) is 8.76. The van der Waals surface area contributed by atoms with Crippen LogP contribution in [0.5, 0.6) is 0 Å². The first kappa shape index (κ1) is 16.8. The predicted molar refractivity (Wildman–Crippen MR) is 95.0 cm³/mol. The monoisotopic (exact) mass is 306 g/mol. The fourth-order valence-electron chi connectivity index (χ4n) is 6.55. The molecule has 2 bridgehead atoms. The van der Waals surface area contributed by atoms with Gasteiger partial charge in [-0.2, -0.15) is 0 Å². The molecule has 6 unspecified atom stereocenters. The molecule has 0 N–H and O–H groups in total. The summed E-state index contributed by atoms with van der Waals surface area (Å²) in [6.45, 7) is 9.93. The lowest BCUT2D eigenvalue weighted by Gasteiger charge is -2.37. The van der Waals surface area contributed by atoms with Gasteiger partial charge in [-0.15, -0.1) is 0 Å². The Bertz CT molecular complexity index is 356. The summed E-state index contributed by atoms with van der Waals surface area (Å²) in [6.07, 6.45) is 8.80. The maximum absolute atomic E-state index is 2.61. The standard InChI is InChI=1S/C20H38N2/c1-5-9-21(3)13-15-7-8-18-16-11-17(14-22(4)10-6-2)19(12-16)20(15)18/h15-20H,5-14H2,1-4H3. The SMILES string of the molecule is CCCN(C)CC1CC2CC1C1C(CN(C)CCC)CCC21. The van der Waals surface area contributed by atoms with Gasteiger partial charge in [0.05, 0.1) is 0 Å². The van der Waals surface area contributed by atoms with Gasteiger partial charge in [-0.05, 0) is 101 Å². The van der Waals surface area contributed by atoms with Gasteiger partial charge in [0.25, 0.3) is 0 Å². The summed E-state index contributed by atoms with van der Waals surface area (Å²) in [4.78, 5) is 5.21. The molecule has 3 aliphatic rings. The molecule has 2 heteroatoms. The van der Waals surface area contributed by atoms with Crippen LogP contribution in [0.15, 0.2) is 0 Å². The number of fused-ring (bicyclic) bond motifs is 5. The van der Waals surface area contributed by atoms with Gasteiger partial charge >= 0.3 is 0 Å². The van der Waals surface area contributed by atoms with Crippen molar-refractivity contribution in [3.05, 3.63) is 0 Å². The van der Waals surface area contributed by atoms with Crippen LogP contribution in [0.25, 0.3) is 0 Å². The zero-order valence-corrected chi connectivity index (χ0v) is 15.4. The second kappa shape index (κ2) is 7.21. The van der Waals surface area contributed by atoms with Crippen LogP contribution in [0, 0.1) is 35.5 Å². The van der Waals surface area contributed by atoms with E-state index in [1.807, 2.05) is 0 Å². The van der Waals surface area contributed by atoms with Gasteiger partial charge in [-0.3, -0.25) is 0 Å². The molecule has 0 aliphatic heterocycles. The molecule has 0 heterocycles. The quantitative estimate of drug-likeness (QED) is 0.669. The first-order valence-electron chi connectivity index (χ1n) is 10.0. The average molecular weight is 307 g/mol. The highest BCUT2D eigenvalue weighted by Crippen LogP contribution is 2.62. The highest BCUT2D eigenvalue weighted by molar-refractivity contribution is 5.06. The molecule has 0 aromatic carbocycles. The molecule has 3 saturated carbocycles. The lowest BCUT2D eigenvalue weighted by Crippen LogP contribution is -2.38. The maximum atomic E-state index is 2.61. The Balaban J connectivity index is 1.59. The van der Waals surface area contributed by atoms with Gasteiger partial charge < -0.3 is 9.80 Å². The minimum absolute atomic E-state index is 1.01. The largest absolute Gasteiger partial charge is 0.306 e. The van der Waals surface area contributed by atoms with Crippen LogP contribution < -0.4 is 0 Å². The normalized spacial score (nSPS) is 40.1. The highest BCUT2D eigenvalue weighted by atomic mass is 15.1. The molecule has 0 spiro atoms. The molecule has 0 radical (unpaired) electrons. The van der Waals surface area contributed by atoms with E-state index < -0.39 is 0 Å². The number of hydrogen-bond acceptors (Lipinski definition) is 2. The van der Waals surface area contributed by atoms with Gasteiger partial charge in [0, 0.05) is 13.1 Å². The smallest absolute Gasteiger partial charge is 0.000946 e. The Morgan fingerprint density at radius 2 is 1.41 bits per heavy atom. The molecule has 2 nitrogen and oxygen atoms in total. The molecule has 22 heavy (non-hydrogen) atoms. The van der Waals surface area contributed by atoms with E-state index in [-0.39, 0.29) is 0 Å². The molecule has 3 aliphatic carbocycles. The molecule has 128 valence electrons. The van der Waals surface area contributed by atoms with E-state index in [1.165, 1.54) is 45.4 Å². The van der Waals surface area contributed by atoms with Crippen LogP contribution in [-0.4, -0.2) is 50.1 Å². The van der Waals surface area contributed by atoms with Crippen LogP contribution in [0.4, 0.5) is 0 Å². The predicted octanol–water partition coefficient (Wildman–Crippen LogP) is 3.97. The summed E-state index contributed by atoms with van der Waals surface area (Å²) in [5.74, 6) is 6.37. The van der Waals surface area contributed by atoms with E-state index in [1.54, 1.807) is 19.3 Å². The van der Waals surface area contributed by atoms with E-state index in [0.717, 1.165) is 35.5 Å². The van der Waals surface area contributed by atoms with Gasteiger partial charge in [-0.25, -0.2) is 0 Å². The number of hydrogen-bond donors (Lipinski definition) is 0.